The molecule has 3 aliphatic rings. The molecule has 1 saturated heterocycles. The number of fused-ring (bicyclic) bond motifs is 1. The molecule has 188 valence electrons. The maximum Gasteiger partial charge on any atom is 0.416 e. The lowest BCUT2D eigenvalue weighted by molar-refractivity contribution is -0.137. The molecule has 1 amide bonds. The Morgan fingerprint density at radius 3 is 2.23 bits per heavy atom. The number of benzene rings is 2. The zero-order chi connectivity index (χ0) is 24.4. The van der Waals surface area contributed by atoms with Crippen LogP contribution in [-0.2, 0) is 17.4 Å². The van der Waals surface area contributed by atoms with E-state index in [0.717, 1.165) is 94.8 Å². The molecular formula is C28H34F3N3O. The van der Waals surface area contributed by atoms with Crippen molar-refractivity contribution in [3.05, 3.63) is 59.7 Å². The SMILES string of the molecule is O=C(C1CCCCC1)N1c2ccccc2CCC1CN1CCN(c2ccc(C(F)(F)F)cc2)CC1. The van der Waals surface area contributed by atoms with Crippen LogP contribution in [0.4, 0.5) is 24.5 Å². The minimum atomic E-state index is -4.31. The molecule has 1 unspecified atom stereocenters. The fourth-order valence-electron chi connectivity index (χ4n) is 5.97. The Morgan fingerprint density at radius 2 is 1.54 bits per heavy atom. The van der Waals surface area contributed by atoms with E-state index < -0.39 is 11.7 Å². The summed E-state index contributed by atoms with van der Waals surface area (Å²) in [5, 5.41) is 0. The van der Waals surface area contributed by atoms with Gasteiger partial charge in [0.05, 0.1) is 5.56 Å². The number of piperazine rings is 1. The number of aryl methyl sites for hydroxylation is 1. The number of carbonyl (C=O) groups is 1. The number of rotatable bonds is 4. The summed E-state index contributed by atoms with van der Waals surface area (Å²) >= 11 is 0. The third-order valence-electron chi connectivity index (χ3n) is 7.96. The summed E-state index contributed by atoms with van der Waals surface area (Å²) in [7, 11) is 0. The van der Waals surface area contributed by atoms with E-state index in [1.54, 1.807) is 12.1 Å². The van der Waals surface area contributed by atoms with Crippen LogP contribution >= 0.6 is 0 Å². The Hall–Kier alpha value is -2.54. The highest BCUT2D eigenvalue weighted by Gasteiger charge is 2.36. The molecule has 0 N–H and O–H groups in total. The van der Waals surface area contributed by atoms with Gasteiger partial charge < -0.3 is 9.80 Å². The number of nitrogens with zero attached hydrogens (tertiary/aromatic N) is 3. The van der Waals surface area contributed by atoms with E-state index in [2.05, 4.69) is 32.9 Å². The molecule has 0 spiro atoms. The van der Waals surface area contributed by atoms with Crippen LogP contribution in [0.5, 0.6) is 0 Å². The summed E-state index contributed by atoms with van der Waals surface area (Å²) in [6.07, 6.45) is 3.15. The van der Waals surface area contributed by atoms with E-state index >= 15 is 0 Å². The van der Waals surface area contributed by atoms with Crippen molar-refractivity contribution in [2.24, 2.45) is 5.92 Å². The maximum atomic E-state index is 13.7. The zero-order valence-corrected chi connectivity index (χ0v) is 20.1. The largest absolute Gasteiger partial charge is 0.416 e. The third-order valence-corrected chi connectivity index (χ3v) is 7.96. The van der Waals surface area contributed by atoms with Gasteiger partial charge >= 0.3 is 6.18 Å². The molecule has 4 nitrogen and oxygen atoms in total. The highest BCUT2D eigenvalue weighted by atomic mass is 19.4. The second-order valence-electron chi connectivity index (χ2n) is 10.2. The molecule has 1 saturated carbocycles. The summed E-state index contributed by atoms with van der Waals surface area (Å²) in [6.45, 7) is 4.05. The number of carbonyl (C=O) groups excluding carboxylic acids is 1. The molecule has 0 aromatic heterocycles. The van der Waals surface area contributed by atoms with Gasteiger partial charge in [0.15, 0.2) is 0 Å². The number of para-hydroxylation sites is 1. The summed E-state index contributed by atoms with van der Waals surface area (Å²) in [4.78, 5) is 20.4. The average molecular weight is 486 g/mol. The van der Waals surface area contributed by atoms with E-state index in [1.165, 1.54) is 12.0 Å². The summed E-state index contributed by atoms with van der Waals surface area (Å²) in [6, 6.07) is 14.0. The highest BCUT2D eigenvalue weighted by Crippen LogP contribution is 2.35. The lowest BCUT2D eigenvalue weighted by Gasteiger charge is -2.43. The van der Waals surface area contributed by atoms with Gasteiger partial charge in [-0.1, -0.05) is 37.5 Å². The number of hydrogen-bond acceptors (Lipinski definition) is 3. The molecule has 2 heterocycles. The molecule has 7 heteroatoms. The Labute approximate surface area is 205 Å². The van der Waals surface area contributed by atoms with Gasteiger partial charge in [-0.05, 0) is 61.6 Å². The smallest absolute Gasteiger partial charge is 0.369 e. The standard InChI is InChI=1S/C28H34F3N3O/c29-28(30,31)23-11-14-24(15-12-23)33-18-16-32(17-19-33)20-25-13-10-21-6-4-5-9-26(21)34(25)27(35)22-7-2-1-3-8-22/h4-6,9,11-12,14-15,22,25H,1-3,7-8,10,13,16-20H2. The van der Waals surface area contributed by atoms with Gasteiger partial charge in [-0.2, -0.15) is 13.2 Å². The van der Waals surface area contributed by atoms with Gasteiger partial charge in [-0.15, -0.1) is 0 Å². The first-order valence-electron chi connectivity index (χ1n) is 13.0. The van der Waals surface area contributed by atoms with Crippen molar-refractivity contribution < 1.29 is 18.0 Å². The number of amides is 1. The second kappa shape index (κ2) is 10.2. The lowest BCUT2D eigenvalue weighted by Crippen LogP contribution is -2.55. The maximum absolute atomic E-state index is 13.7. The van der Waals surface area contributed by atoms with Crippen LogP contribution in [0, 0.1) is 5.92 Å². The number of halogens is 3. The van der Waals surface area contributed by atoms with Gasteiger partial charge in [0.2, 0.25) is 5.91 Å². The summed E-state index contributed by atoms with van der Waals surface area (Å²) in [5.41, 5.74) is 2.57. The predicted octanol–water partition coefficient (Wildman–Crippen LogP) is 5.76. The first kappa shape index (κ1) is 24.2. The van der Waals surface area contributed by atoms with Crippen LogP contribution < -0.4 is 9.80 Å². The first-order chi connectivity index (χ1) is 16.9. The van der Waals surface area contributed by atoms with Crippen molar-refractivity contribution in [3.63, 3.8) is 0 Å². The van der Waals surface area contributed by atoms with Crippen LogP contribution in [-0.4, -0.2) is 49.6 Å². The number of alkyl halides is 3. The molecule has 0 radical (unpaired) electrons. The third kappa shape index (κ3) is 5.35. The zero-order valence-electron chi connectivity index (χ0n) is 20.1. The molecule has 2 fully saturated rings. The fourth-order valence-corrected chi connectivity index (χ4v) is 5.97. The lowest BCUT2D eigenvalue weighted by atomic mass is 9.86. The van der Waals surface area contributed by atoms with Crippen molar-refractivity contribution in [2.75, 3.05) is 42.5 Å². The van der Waals surface area contributed by atoms with Gasteiger partial charge in [0.1, 0.15) is 0 Å². The van der Waals surface area contributed by atoms with Crippen molar-refractivity contribution in [3.8, 4) is 0 Å². The Morgan fingerprint density at radius 1 is 0.857 bits per heavy atom. The fraction of sp³-hybridized carbons (Fsp3) is 0.536. The molecule has 2 aliphatic heterocycles. The molecule has 2 aromatic rings. The van der Waals surface area contributed by atoms with E-state index in [9.17, 15) is 18.0 Å². The first-order valence-corrected chi connectivity index (χ1v) is 13.0. The molecule has 5 rings (SSSR count). The quantitative estimate of drug-likeness (QED) is 0.551. The highest BCUT2D eigenvalue weighted by molar-refractivity contribution is 5.97. The second-order valence-corrected chi connectivity index (χ2v) is 10.2. The molecule has 1 atom stereocenters. The average Bonchev–Trinajstić information content (AvgIpc) is 2.89. The molecular weight excluding hydrogens is 451 g/mol. The minimum Gasteiger partial charge on any atom is -0.369 e. The van der Waals surface area contributed by atoms with Crippen LogP contribution in [0.2, 0.25) is 0 Å². The van der Waals surface area contributed by atoms with Crippen LogP contribution in [0.3, 0.4) is 0 Å². The van der Waals surface area contributed by atoms with E-state index in [0.29, 0.717) is 5.91 Å². The van der Waals surface area contributed by atoms with Crippen molar-refractivity contribution in [2.45, 2.75) is 57.2 Å². The molecule has 0 bridgehead atoms. The Balaban J connectivity index is 1.25. The van der Waals surface area contributed by atoms with Gasteiger partial charge in [-0.25, -0.2) is 0 Å². The number of hydrogen-bond donors (Lipinski definition) is 0. The molecule has 2 aromatic carbocycles. The van der Waals surface area contributed by atoms with Gasteiger partial charge in [0.25, 0.3) is 0 Å². The van der Waals surface area contributed by atoms with Crippen molar-refractivity contribution in [1.82, 2.24) is 4.90 Å². The minimum absolute atomic E-state index is 0.133. The van der Waals surface area contributed by atoms with Crippen LogP contribution in [0.15, 0.2) is 48.5 Å². The molecule has 1 aliphatic carbocycles. The van der Waals surface area contributed by atoms with Crippen molar-refractivity contribution >= 4 is 17.3 Å². The number of anilines is 2. The van der Waals surface area contributed by atoms with E-state index in [-0.39, 0.29) is 12.0 Å². The summed E-state index contributed by atoms with van der Waals surface area (Å²) < 4.78 is 38.7. The van der Waals surface area contributed by atoms with Crippen LogP contribution in [0.25, 0.3) is 0 Å². The van der Waals surface area contributed by atoms with Crippen molar-refractivity contribution in [1.29, 1.82) is 0 Å². The topological polar surface area (TPSA) is 26.8 Å². The predicted molar refractivity (Wildman–Crippen MR) is 133 cm³/mol. The van der Waals surface area contributed by atoms with Gasteiger partial charge in [-0.3, -0.25) is 9.69 Å². The van der Waals surface area contributed by atoms with Gasteiger partial charge in [0, 0.05) is 56.1 Å². The summed E-state index contributed by atoms with van der Waals surface area (Å²) in [5.74, 6) is 0.430. The van der Waals surface area contributed by atoms with Crippen LogP contribution in [0.1, 0.15) is 49.7 Å². The Kier molecular flexibility index (Phi) is 7.05. The molecule has 35 heavy (non-hydrogen) atoms. The monoisotopic (exact) mass is 485 g/mol. The van der Waals surface area contributed by atoms with E-state index in [1.807, 2.05) is 6.07 Å². The Bertz CT molecular complexity index is 1010. The normalized spacial score (nSPS) is 22.2. The van der Waals surface area contributed by atoms with E-state index in [4.69, 9.17) is 0 Å².